The van der Waals surface area contributed by atoms with Crippen molar-refractivity contribution >= 4 is 11.9 Å². The van der Waals surface area contributed by atoms with Crippen LogP contribution in [0.25, 0.3) is 0 Å². The van der Waals surface area contributed by atoms with E-state index in [-0.39, 0.29) is 18.0 Å². The van der Waals surface area contributed by atoms with Gasteiger partial charge in [-0.3, -0.25) is 9.59 Å². The molecule has 0 N–H and O–H groups in total. The van der Waals surface area contributed by atoms with E-state index >= 15 is 0 Å². The number of unbranched alkanes of at least 4 members (excludes halogenated alkanes) is 8. The molecule has 0 radical (unpaired) electrons. The summed E-state index contributed by atoms with van der Waals surface area (Å²) in [7, 11) is 0. The smallest absolute Gasteiger partial charge is 0.306 e. The van der Waals surface area contributed by atoms with Gasteiger partial charge >= 0.3 is 11.9 Å². The van der Waals surface area contributed by atoms with E-state index in [0.29, 0.717) is 25.9 Å². The molecule has 1 atom stereocenters. The summed E-state index contributed by atoms with van der Waals surface area (Å²) in [6.07, 6.45) is 14.2. The highest BCUT2D eigenvalue weighted by atomic mass is 16.5. The van der Waals surface area contributed by atoms with Crippen LogP contribution in [-0.2, 0) is 19.1 Å². The van der Waals surface area contributed by atoms with Crippen molar-refractivity contribution in [2.45, 2.75) is 117 Å². The zero-order valence-corrected chi connectivity index (χ0v) is 16.8. The fourth-order valence-corrected chi connectivity index (χ4v) is 2.80. The van der Waals surface area contributed by atoms with E-state index in [0.717, 1.165) is 25.7 Å². The van der Waals surface area contributed by atoms with Crippen molar-refractivity contribution in [2.24, 2.45) is 0 Å². The van der Waals surface area contributed by atoms with E-state index in [9.17, 15) is 9.59 Å². The quantitative estimate of drug-likeness (QED) is 0.238. The average Bonchev–Trinajstić information content (AvgIpc) is 2.56. The molecule has 0 saturated heterocycles. The van der Waals surface area contributed by atoms with Crippen molar-refractivity contribution < 1.29 is 19.1 Å². The molecule has 0 aliphatic carbocycles. The Morgan fingerprint density at radius 2 is 1.28 bits per heavy atom. The van der Waals surface area contributed by atoms with Gasteiger partial charge in [0.1, 0.15) is 0 Å². The van der Waals surface area contributed by atoms with Gasteiger partial charge in [0.25, 0.3) is 0 Å². The summed E-state index contributed by atoms with van der Waals surface area (Å²) >= 11 is 0. The van der Waals surface area contributed by atoms with E-state index < -0.39 is 0 Å². The lowest BCUT2D eigenvalue weighted by Gasteiger charge is -2.11. The number of hydrogen-bond acceptors (Lipinski definition) is 4. The van der Waals surface area contributed by atoms with Crippen LogP contribution in [0.15, 0.2) is 0 Å². The van der Waals surface area contributed by atoms with Gasteiger partial charge < -0.3 is 9.47 Å². The van der Waals surface area contributed by atoms with Crippen molar-refractivity contribution in [1.82, 2.24) is 0 Å². The zero-order valence-electron chi connectivity index (χ0n) is 16.8. The molecule has 0 heterocycles. The molecule has 148 valence electrons. The number of ether oxygens (including phenoxy) is 2. The maximum atomic E-state index is 11.6. The van der Waals surface area contributed by atoms with Gasteiger partial charge in [-0.25, -0.2) is 0 Å². The Labute approximate surface area is 155 Å². The Hall–Kier alpha value is -1.06. The van der Waals surface area contributed by atoms with Crippen LogP contribution in [0.1, 0.15) is 111 Å². The minimum absolute atomic E-state index is 0.0314. The summed E-state index contributed by atoms with van der Waals surface area (Å²) in [6, 6.07) is 0. The third-order valence-electron chi connectivity index (χ3n) is 4.30. The monoisotopic (exact) mass is 356 g/mol. The molecule has 0 bridgehead atoms. The highest BCUT2D eigenvalue weighted by Gasteiger charge is 2.10. The van der Waals surface area contributed by atoms with Gasteiger partial charge in [-0.15, -0.1) is 0 Å². The SMILES string of the molecule is CCCCCCCCCCCOC(=O)CCCC(=O)OC(C)CCC. The first-order chi connectivity index (χ1) is 12.1. The van der Waals surface area contributed by atoms with E-state index in [4.69, 9.17) is 9.47 Å². The van der Waals surface area contributed by atoms with Gasteiger partial charge in [0.15, 0.2) is 0 Å². The fourth-order valence-electron chi connectivity index (χ4n) is 2.80. The number of hydrogen-bond donors (Lipinski definition) is 0. The third-order valence-corrected chi connectivity index (χ3v) is 4.30. The van der Waals surface area contributed by atoms with Crippen LogP contribution in [0.5, 0.6) is 0 Å². The summed E-state index contributed by atoms with van der Waals surface area (Å²) < 4.78 is 10.5. The fraction of sp³-hybridized carbons (Fsp3) is 0.905. The second kappa shape index (κ2) is 17.8. The first-order valence-electron chi connectivity index (χ1n) is 10.4. The molecule has 4 nitrogen and oxygen atoms in total. The molecule has 0 saturated carbocycles. The van der Waals surface area contributed by atoms with Gasteiger partial charge in [0, 0.05) is 12.8 Å². The Bertz CT molecular complexity index is 328. The molecule has 0 spiro atoms. The van der Waals surface area contributed by atoms with Crippen molar-refractivity contribution in [3.05, 3.63) is 0 Å². The lowest BCUT2D eigenvalue weighted by atomic mass is 10.1. The molecule has 0 aromatic carbocycles. The van der Waals surface area contributed by atoms with Gasteiger partial charge in [-0.05, 0) is 26.2 Å². The standard InChI is InChI=1S/C21H40O4/c1-4-6-7-8-9-10-11-12-13-18-24-20(22)16-14-17-21(23)25-19(3)15-5-2/h19H,4-18H2,1-3H3. The molecule has 0 rings (SSSR count). The molecule has 0 aromatic heterocycles. The summed E-state index contributed by atoms with van der Waals surface area (Å²) in [5.41, 5.74) is 0. The Kier molecular flexibility index (Phi) is 17.0. The van der Waals surface area contributed by atoms with Crippen LogP contribution in [-0.4, -0.2) is 24.6 Å². The molecule has 0 amide bonds. The van der Waals surface area contributed by atoms with Crippen molar-refractivity contribution in [2.75, 3.05) is 6.61 Å². The molecule has 1 unspecified atom stereocenters. The average molecular weight is 357 g/mol. The van der Waals surface area contributed by atoms with Crippen molar-refractivity contribution in [3.63, 3.8) is 0 Å². The van der Waals surface area contributed by atoms with E-state index in [2.05, 4.69) is 13.8 Å². The summed E-state index contributed by atoms with van der Waals surface area (Å²) in [4.78, 5) is 23.2. The Balaban J connectivity index is 3.37. The minimum Gasteiger partial charge on any atom is -0.466 e. The summed E-state index contributed by atoms with van der Waals surface area (Å²) in [5, 5.41) is 0. The largest absolute Gasteiger partial charge is 0.466 e. The lowest BCUT2D eigenvalue weighted by Crippen LogP contribution is -2.15. The number of rotatable bonds is 17. The molecule has 0 aliphatic rings. The summed E-state index contributed by atoms with van der Waals surface area (Å²) in [5.74, 6) is -0.415. The second-order valence-corrected chi connectivity index (χ2v) is 6.99. The van der Waals surface area contributed by atoms with Gasteiger partial charge in [0.05, 0.1) is 12.7 Å². The van der Waals surface area contributed by atoms with E-state index in [1.165, 1.54) is 44.9 Å². The van der Waals surface area contributed by atoms with Crippen LogP contribution in [0.3, 0.4) is 0 Å². The third kappa shape index (κ3) is 17.6. The number of carbonyl (C=O) groups is 2. The molecule has 0 fully saturated rings. The van der Waals surface area contributed by atoms with Crippen LogP contribution in [0, 0.1) is 0 Å². The maximum Gasteiger partial charge on any atom is 0.306 e. The number of carbonyl (C=O) groups excluding carboxylic acids is 2. The van der Waals surface area contributed by atoms with Gasteiger partial charge in [-0.2, -0.15) is 0 Å². The van der Waals surface area contributed by atoms with Crippen LogP contribution in [0.2, 0.25) is 0 Å². The molecular formula is C21H40O4. The highest BCUT2D eigenvalue weighted by Crippen LogP contribution is 2.10. The first-order valence-corrected chi connectivity index (χ1v) is 10.4. The first kappa shape index (κ1) is 23.9. The van der Waals surface area contributed by atoms with Crippen LogP contribution in [0.4, 0.5) is 0 Å². The van der Waals surface area contributed by atoms with Crippen molar-refractivity contribution in [3.8, 4) is 0 Å². The molecule has 4 heteroatoms. The predicted molar refractivity (Wildman–Crippen MR) is 102 cm³/mol. The van der Waals surface area contributed by atoms with Gasteiger partial charge in [-0.1, -0.05) is 71.6 Å². The normalized spacial score (nSPS) is 12.0. The maximum absolute atomic E-state index is 11.6. The molecule has 0 aromatic rings. The lowest BCUT2D eigenvalue weighted by molar-refractivity contribution is -0.149. The van der Waals surface area contributed by atoms with Crippen LogP contribution < -0.4 is 0 Å². The highest BCUT2D eigenvalue weighted by molar-refractivity contribution is 5.72. The van der Waals surface area contributed by atoms with Crippen LogP contribution >= 0.6 is 0 Å². The minimum atomic E-state index is -0.215. The molecule has 25 heavy (non-hydrogen) atoms. The topological polar surface area (TPSA) is 52.6 Å². The molecular weight excluding hydrogens is 316 g/mol. The second-order valence-electron chi connectivity index (χ2n) is 6.99. The Morgan fingerprint density at radius 1 is 0.720 bits per heavy atom. The van der Waals surface area contributed by atoms with E-state index in [1.807, 2.05) is 6.92 Å². The summed E-state index contributed by atoms with van der Waals surface area (Å²) in [6.45, 7) is 6.71. The van der Waals surface area contributed by atoms with E-state index in [1.54, 1.807) is 0 Å². The predicted octanol–water partition coefficient (Wildman–Crippen LogP) is 5.96. The van der Waals surface area contributed by atoms with Crippen molar-refractivity contribution in [1.29, 1.82) is 0 Å². The Morgan fingerprint density at radius 3 is 1.88 bits per heavy atom. The number of esters is 2. The molecule has 0 aliphatic heterocycles. The van der Waals surface area contributed by atoms with Gasteiger partial charge in [0.2, 0.25) is 0 Å². The zero-order chi connectivity index (χ0) is 18.8.